The Hall–Kier alpha value is -2.21. The Labute approximate surface area is 165 Å². The summed E-state index contributed by atoms with van der Waals surface area (Å²) in [5.41, 5.74) is 1.87. The molecule has 6 heteroatoms. The maximum absolute atomic E-state index is 13.5. The Morgan fingerprint density at radius 1 is 1.14 bits per heavy atom. The van der Waals surface area contributed by atoms with Crippen molar-refractivity contribution in [2.24, 2.45) is 11.8 Å². The van der Waals surface area contributed by atoms with Crippen LogP contribution >= 0.6 is 0 Å². The lowest BCUT2D eigenvalue weighted by atomic mass is 9.84. The summed E-state index contributed by atoms with van der Waals surface area (Å²) in [6.45, 7) is 3.67. The van der Waals surface area contributed by atoms with Gasteiger partial charge in [-0.25, -0.2) is 9.07 Å². The number of hydrogen-bond donors (Lipinski definition) is 0. The van der Waals surface area contributed by atoms with E-state index in [0.717, 1.165) is 56.7 Å². The van der Waals surface area contributed by atoms with Gasteiger partial charge in [-0.1, -0.05) is 12.5 Å². The predicted octanol–water partition coefficient (Wildman–Crippen LogP) is 3.23. The van der Waals surface area contributed by atoms with Gasteiger partial charge in [-0.3, -0.25) is 9.69 Å². The van der Waals surface area contributed by atoms with Crippen molar-refractivity contribution < 1.29 is 9.18 Å². The van der Waals surface area contributed by atoms with Crippen molar-refractivity contribution in [3.8, 4) is 5.69 Å². The summed E-state index contributed by atoms with van der Waals surface area (Å²) in [4.78, 5) is 17.4. The number of carbonyl (C=O) groups excluding carboxylic acids is 1. The summed E-state index contributed by atoms with van der Waals surface area (Å²) in [6, 6.07) is 6.93. The van der Waals surface area contributed by atoms with Crippen molar-refractivity contribution in [2.75, 3.05) is 19.6 Å². The van der Waals surface area contributed by atoms with Gasteiger partial charge in [-0.05, 0) is 49.8 Å². The molecule has 1 aliphatic carbocycles. The molecule has 0 radical (unpaired) electrons. The number of amides is 1. The Balaban J connectivity index is 1.28. The van der Waals surface area contributed by atoms with Gasteiger partial charge in [-0.2, -0.15) is 5.10 Å². The molecule has 28 heavy (non-hydrogen) atoms. The monoisotopic (exact) mass is 382 g/mol. The van der Waals surface area contributed by atoms with Gasteiger partial charge in [0.2, 0.25) is 5.91 Å². The van der Waals surface area contributed by atoms with Gasteiger partial charge in [0.15, 0.2) is 0 Å². The minimum Gasteiger partial charge on any atom is -0.341 e. The summed E-state index contributed by atoms with van der Waals surface area (Å²) in [5, 5.41) is 4.42. The van der Waals surface area contributed by atoms with E-state index in [-0.39, 0.29) is 11.7 Å². The maximum Gasteiger partial charge on any atom is 0.225 e. The number of hydrogen-bond acceptors (Lipinski definition) is 3. The highest BCUT2D eigenvalue weighted by Gasteiger charge is 2.39. The van der Waals surface area contributed by atoms with Crippen LogP contribution < -0.4 is 0 Å². The first-order chi connectivity index (χ1) is 13.7. The Kier molecular flexibility index (Phi) is 4.67. The van der Waals surface area contributed by atoms with Crippen LogP contribution in [0.3, 0.4) is 0 Å². The smallest absolute Gasteiger partial charge is 0.225 e. The number of carbonyl (C=O) groups is 1. The molecule has 1 aromatic carbocycles. The molecule has 5 nitrogen and oxygen atoms in total. The highest BCUT2D eigenvalue weighted by Crippen LogP contribution is 2.33. The first kappa shape index (κ1) is 17.9. The molecule has 4 aliphatic rings. The number of halogens is 1. The zero-order valence-electron chi connectivity index (χ0n) is 16.1. The summed E-state index contributed by atoms with van der Waals surface area (Å²) in [5.74, 6) is 0.996. The summed E-state index contributed by atoms with van der Waals surface area (Å²) in [6.07, 6.45) is 9.61. The highest BCUT2D eigenvalue weighted by molar-refractivity contribution is 5.79. The van der Waals surface area contributed by atoms with Gasteiger partial charge < -0.3 is 4.90 Å². The molecule has 2 bridgehead atoms. The lowest BCUT2D eigenvalue weighted by molar-refractivity contribution is -0.138. The van der Waals surface area contributed by atoms with Gasteiger partial charge in [0.05, 0.1) is 11.9 Å². The molecule has 1 saturated carbocycles. The van der Waals surface area contributed by atoms with Gasteiger partial charge in [0.25, 0.3) is 0 Å². The van der Waals surface area contributed by atoms with E-state index in [2.05, 4.69) is 14.9 Å². The molecule has 4 fully saturated rings. The van der Waals surface area contributed by atoms with E-state index in [9.17, 15) is 9.18 Å². The summed E-state index contributed by atoms with van der Waals surface area (Å²) < 4.78 is 15.2. The summed E-state index contributed by atoms with van der Waals surface area (Å²) in [7, 11) is 0. The van der Waals surface area contributed by atoms with Crippen molar-refractivity contribution in [3.05, 3.63) is 48.0 Å². The molecule has 1 amide bonds. The lowest BCUT2D eigenvalue weighted by Gasteiger charge is -2.36. The number of rotatable bonds is 4. The van der Waals surface area contributed by atoms with E-state index in [4.69, 9.17) is 0 Å². The third kappa shape index (κ3) is 3.46. The first-order valence-corrected chi connectivity index (χ1v) is 10.5. The number of nitrogens with zero attached hydrogens (tertiary/aromatic N) is 4. The molecule has 2 aromatic rings. The van der Waals surface area contributed by atoms with Gasteiger partial charge in [0.1, 0.15) is 5.82 Å². The average molecular weight is 382 g/mol. The largest absolute Gasteiger partial charge is 0.341 e. The molecular formula is C22H27FN4O. The van der Waals surface area contributed by atoms with Gasteiger partial charge in [0, 0.05) is 49.9 Å². The fraction of sp³-hybridized carbons (Fsp3) is 0.545. The molecule has 1 aromatic heterocycles. The third-order valence-electron chi connectivity index (χ3n) is 6.69. The standard InChI is InChI=1S/C22H27FN4O/c23-19-5-2-6-20(9-19)27-14-17(10-24-27)13-25-11-16-7-8-21(25)15-26(12-16)22(28)18-3-1-4-18/h2,5-6,9-10,14,16,18,21H,1,3-4,7-8,11-13,15H2. The fourth-order valence-corrected chi connectivity index (χ4v) is 4.90. The topological polar surface area (TPSA) is 41.4 Å². The third-order valence-corrected chi connectivity index (χ3v) is 6.69. The maximum atomic E-state index is 13.5. The quantitative estimate of drug-likeness (QED) is 0.815. The van der Waals surface area contributed by atoms with E-state index in [1.54, 1.807) is 10.7 Å². The Morgan fingerprint density at radius 3 is 2.82 bits per heavy atom. The molecule has 0 spiro atoms. The second-order valence-corrected chi connectivity index (χ2v) is 8.67. The van der Waals surface area contributed by atoms with Crippen LogP contribution in [0, 0.1) is 17.7 Å². The average Bonchev–Trinajstić information content (AvgIpc) is 2.91. The minimum atomic E-state index is -0.254. The van der Waals surface area contributed by atoms with Crippen LogP contribution in [-0.2, 0) is 11.3 Å². The van der Waals surface area contributed by atoms with Crippen LogP contribution in [0.5, 0.6) is 0 Å². The fourth-order valence-electron chi connectivity index (χ4n) is 4.90. The van der Waals surface area contributed by atoms with E-state index >= 15 is 0 Å². The molecule has 4 heterocycles. The van der Waals surface area contributed by atoms with E-state index in [1.165, 1.54) is 25.0 Å². The van der Waals surface area contributed by atoms with Gasteiger partial charge in [-0.15, -0.1) is 0 Å². The number of fused-ring (bicyclic) bond motifs is 4. The predicted molar refractivity (Wildman–Crippen MR) is 104 cm³/mol. The van der Waals surface area contributed by atoms with E-state index < -0.39 is 0 Å². The molecule has 3 saturated heterocycles. The SMILES string of the molecule is O=C(C1CCC1)N1CC2CCC(C1)N(Cc1cnn(-c3cccc(F)c3)c1)C2. The number of benzene rings is 1. The second kappa shape index (κ2) is 7.32. The minimum absolute atomic E-state index is 0.254. The van der Waals surface area contributed by atoms with Crippen LogP contribution in [0.1, 0.15) is 37.7 Å². The molecule has 0 N–H and O–H groups in total. The van der Waals surface area contributed by atoms with Crippen molar-refractivity contribution in [1.29, 1.82) is 0 Å². The van der Waals surface area contributed by atoms with E-state index in [0.29, 0.717) is 17.9 Å². The molecule has 2 atom stereocenters. The number of aromatic nitrogens is 2. The van der Waals surface area contributed by atoms with Crippen LogP contribution in [0.2, 0.25) is 0 Å². The van der Waals surface area contributed by atoms with E-state index in [1.807, 2.05) is 18.5 Å². The molecule has 3 aliphatic heterocycles. The molecule has 148 valence electrons. The zero-order valence-corrected chi connectivity index (χ0v) is 16.1. The van der Waals surface area contributed by atoms with Crippen molar-refractivity contribution in [3.63, 3.8) is 0 Å². The molecular weight excluding hydrogens is 355 g/mol. The van der Waals surface area contributed by atoms with Gasteiger partial charge >= 0.3 is 0 Å². The lowest BCUT2D eigenvalue weighted by Crippen LogP contribution is -2.45. The summed E-state index contributed by atoms with van der Waals surface area (Å²) >= 11 is 0. The Morgan fingerprint density at radius 2 is 2.04 bits per heavy atom. The van der Waals surface area contributed by atoms with Crippen LogP contribution in [-0.4, -0.2) is 51.2 Å². The Bertz CT molecular complexity index is 862. The molecule has 2 unspecified atom stereocenters. The highest BCUT2D eigenvalue weighted by atomic mass is 19.1. The van der Waals surface area contributed by atoms with Crippen molar-refractivity contribution >= 4 is 5.91 Å². The molecule has 6 rings (SSSR count). The number of piperidine rings is 1. The van der Waals surface area contributed by atoms with Crippen LogP contribution in [0.25, 0.3) is 5.69 Å². The van der Waals surface area contributed by atoms with Crippen molar-refractivity contribution in [1.82, 2.24) is 19.6 Å². The zero-order chi connectivity index (χ0) is 19.1. The van der Waals surface area contributed by atoms with Crippen molar-refractivity contribution in [2.45, 2.75) is 44.7 Å². The normalized spacial score (nSPS) is 25.5. The van der Waals surface area contributed by atoms with Crippen LogP contribution in [0.15, 0.2) is 36.7 Å². The van der Waals surface area contributed by atoms with Crippen LogP contribution in [0.4, 0.5) is 4.39 Å². The first-order valence-electron chi connectivity index (χ1n) is 10.5. The second-order valence-electron chi connectivity index (χ2n) is 8.67.